The molecule has 0 saturated carbocycles. The normalized spacial score (nSPS) is 13.9. The van der Waals surface area contributed by atoms with Crippen LogP contribution in [0.25, 0.3) is 0 Å². The van der Waals surface area contributed by atoms with Gasteiger partial charge in [0.2, 0.25) is 20.0 Å². The number of carboxylic acids is 1. The van der Waals surface area contributed by atoms with Crippen LogP contribution >= 0.6 is 0 Å². The number of benzene rings is 1. The van der Waals surface area contributed by atoms with Gasteiger partial charge in [-0.25, -0.2) is 22.0 Å². The summed E-state index contributed by atoms with van der Waals surface area (Å²) in [6, 6.07) is 2.34. The quantitative estimate of drug-likeness (QED) is 0.472. The van der Waals surface area contributed by atoms with Gasteiger partial charge in [-0.1, -0.05) is 6.07 Å². The van der Waals surface area contributed by atoms with Crippen molar-refractivity contribution < 1.29 is 31.8 Å². The van der Waals surface area contributed by atoms with Gasteiger partial charge in [0.25, 0.3) is 0 Å². The number of hydrogen-bond donors (Lipinski definition) is 4. The third kappa shape index (κ3) is 3.98. The summed E-state index contributed by atoms with van der Waals surface area (Å²) in [5.74, 6) is -1.57. The average molecular weight is 324 g/mol. The standard InChI is InChI=1S/C9H12N2O7S2/c10-19(15,16)6-2-1-3-7(4-6)20(17,18)11-8(5-12)9(13)14/h1-4,8,11-12H,5H2,(H,13,14)(H2,10,15,16)/t8-/m1/s1. The van der Waals surface area contributed by atoms with E-state index in [9.17, 15) is 21.6 Å². The number of hydrogen-bond acceptors (Lipinski definition) is 6. The van der Waals surface area contributed by atoms with Gasteiger partial charge in [-0.3, -0.25) is 4.79 Å². The number of nitrogens with one attached hydrogen (secondary N) is 1. The Morgan fingerprint density at radius 3 is 2.25 bits per heavy atom. The lowest BCUT2D eigenvalue weighted by Gasteiger charge is -2.12. The number of aliphatic hydroxyl groups excluding tert-OH is 1. The summed E-state index contributed by atoms with van der Waals surface area (Å²) in [5, 5.41) is 22.3. The Hall–Kier alpha value is -1.53. The second-order valence-electron chi connectivity index (χ2n) is 3.71. The zero-order valence-electron chi connectivity index (χ0n) is 9.92. The van der Waals surface area contributed by atoms with Crippen molar-refractivity contribution in [3.8, 4) is 0 Å². The second-order valence-corrected chi connectivity index (χ2v) is 6.99. The highest BCUT2D eigenvalue weighted by molar-refractivity contribution is 7.90. The minimum absolute atomic E-state index is 0.434. The molecule has 1 aromatic carbocycles. The summed E-state index contributed by atoms with van der Waals surface area (Å²) in [6.07, 6.45) is 0. The van der Waals surface area contributed by atoms with E-state index in [2.05, 4.69) is 0 Å². The highest BCUT2D eigenvalue weighted by Crippen LogP contribution is 2.14. The first-order valence-corrected chi connectivity index (χ1v) is 8.10. The molecule has 0 radical (unpaired) electrons. The van der Waals surface area contributed by atoms with Crippen LogP contribution < -0.4 is 9.86 Å². The number of rotatable bonds is 6. The van der Waals surface area contributed by atoms with Crippen LogP contribution in [0.5, 0.6) is 0 Å². The molecule has 0 bridgehead atoms. The predicted octanol–water partition coefficient (Wildman–Crippen LogP) is -1.94. The molecule has 1 aromatic rings. The van der Waals surface area contributed by atoms with Crippen molar-refractivity contribution in [1.82, 2.24) is 4.72 Å². The van der Waals surface area contributed by atoms with E-state index in [4.69, 9.17) is 15.4 Å². The van der Waals surface area contributed by atoms with Crippen LogP contribution in [0.1, 0.15) is 0 Å². The second kappa shape index (κ2) is 5.85. The van der Waals surface area contributed by atoms with Crippen LogP contribution in [0, 0.1) is 0 Å². The maximum absolute atomic E-state index is 11.9. The van der Waals surface area contributed by atoms with E-state index in [0.717, 1.165) is 24.3 Å². The van der Waals surface area contributed by atoms with Gasteiger partial charge in [-0.2, -0.15) is 4.72 Å². The SMILES string of the molecule is NS(=O)(=O)c1cccc(S(=O)(=O)N[C@H](CO)C(=O)O)c1. The average Bonchev–Trinajstić information content (AvgIpc) is 2.35. The fourth-order valence-electron chi connectivity index (χ4n) is 1.24. The lowest BCUT2D eigenvalue weighted by atomic mass is 10.3. The van der Waals surface area contributed by atoms with E-state index in [0.29, 0.717) is 0 Å². The Morgan fingerprint density at radius 1 is 1.25 bits per heavy atom. The minimum atomic E-state index is -4.31. The number of nitrogens with two attached hydrogens (primary N) is 1. The Bertz CT molecular complexity index is 712. The third-order valence-corrected chi connectivity index (χ3v) is 4.60. The van der Waals surface area contributed by atoms with E-state index in [1.807, 2.05) is 0 Å². The van der Waals surface area contributed by atoms with Crippen molar-refractivity contribution in [1.29, 1.82) is 0 Å². The van der Waals surface area contributed by atoms with Crippen molar-refractivity contribution in [2.75, 3.05) is 6.61 Å². The highest BCUT2D eigenvalue weighted by atomic mass is 32.2. The Morgan fingerprint density at radius 2 is 1.80 bits per heavy atom. The lowest BCUT2D eigenvalue weighted by Crippen LogP contribution is -2.43. The summed E-state index contributed by atoms with van der Waals surface area (Å²) in [6.45, 7) is -0.955. The van der Waals surface area contributed by atoms with Gasteiger partial charge < -0.3 is 10.2 Å². The molecule has 0 unspecified atom stereocenters. The first-order valence-electron chi connectivity index (χ1n) is 5.07. The maximum Gasteiger partial charge on any atom is 0.324 e. The number of sulfonamides is 2. The largest absolute Gasteiger partial charge is 0.480 e. The molecule has 0 spiro atoms. The van der Waals surface area contributed by atoms with Crippen LogP contribution in [0.3, 0.4) is 0 Å². The van der Waals surface area contributed by atoms with Crippen molar-refractivity contribution in [2.24, 2.45) is 5.14 Å². The fraction of sp³-hybridized carbons (Fsp3) is 0.222. The highest BCUT2D eigenvalue weighted by Gasteiger charge is 2.25. The lowest BCUT2D eigenvalue weighted by molar-refractivity contribution is -0.139. The number of carbonyl (C=O) groups is 1. The van der Waals surface area contributed by atoms with Gasteiger partial charge in [0.1, 0.15) is 6.04 Å². The molecule has 0 aromatic heterocycles. The number of carboxylic acid groups (broad SMARTS) is 1. The molecule has 1 atom stereocenters. The molecule has 9 nitrogen and oxygen atoms in total. The molecule has 0 aliphatic heterocycles. The fourth-order valence-corrected chi connectivity index (χ4v) is 3.10. The smallest absolute Gasteiger partial charge is 0.324 e. The van der Waals surface area contributed by atoms with Gasteiger partial charge in [0.15, 0.2) is 0 Å². The van der Waals surface area contributed by atoms with Crippen LogP contribution in [0.15, 0.2) is 34.1 Å². The van der Waals surface area contributed by atoms with E-state index in [1.165, 1.54) is 0 Å². The summed E-state index contributed by atoms with van der Waals surface area (Å²) < 4.78 is 47.7. The van der Waals surface area contributed by atoms with Crippen LogP contribution in [0.4, 0.5) is 0 Å². The van der Waals surface area contributed by atoms with Crippen molar-refractivity contribution in [2.45, 2.75) is 15.8 Å². The molecule has 0 aliphatic rings. The van der Waals surface area contributed by atoms with Crippen molar-refractivity contribution in [3.05, 3.63) is 24.3 Å². The molecule has 0 amide bonds. The molecular weight excluding hydrogens is 312 g/mol. The Kier molecular flexibility index (Phi) is 4.83. The van der Waals surface area contributed by atoms with Gasteiger partial charge >= 0.3 is 5.97 Å². The zero-order valence-corrected chi connectivity index (χ0v) is 11.6. The molecule has 1 rings (SSSR count). The monoisotopic (exact) mass is 324 g/mol. The van der Waals surface area contributed by atoms with Crippen LogP contribution in [-0.2, 0) is 24.8 Å². The maximum atomic E-state index is 11.9. The molecule has 0 saturated heterocycles. The first-order chi connectivity index (χ1) is 9.08. The summed E-state index contributed by atoms with van der Waals surface area (Å²) in [4.78, 5) is 9.75. The molecule has 0 fully saturated rings. The predicted molar refractivity (Wildman–Crippen MR) is 66.6 cm³/mol. The molecule has 112 valence electrons. The van der Waals surface area contributed by atoms with Crippen molar-refractivity contribution in [3.63, 3.8) is 0 Å². The molecule has 5 N–H and O–H groups in total. The van der Waals surface area contributed by atoms with Crippen LogP contribution in [-0.4, -0.2) is 45.7 Å². The summed E-state index contributed by atoms with van der Waals surface area (Å²) in [7, 11) is -8.40. The molecule has 0 aliphatic carbocycles. The zero-order chi connectivity index (χ0) is 15.6. The van der Waals surface area contributed by atoms with Gasteiger partial charge in [0.05, 0.1) is 16.4 Å². The third-order valence-electron chi connectivity index (χ3n) is 2.22. The molecule has 11 heteroatoms. The van der Waals surface area contributed by atoms with Crippen LogP contribution in [0.2, 0.25) is 0 Å². The van der Waals surface area contributed by atoms with Crippen molar-refractivity contribution >= 4 is 26.0 Å². The first kappa shape index (κ1) is 16.5. The van der Waals surface area contributed by atoms with Gasteiger partial charge in [-0.05, 0) is 18.2 Å². The minimum Gasteiger partial charge on any atom is -0.480 e. The molecular formula is C9H12N2O7S2. The van der Waals surface area contributed by atoms with Gasteiger partial charge in [0, 0.05) is 0 Å². The molecule has 0 heterocycles. The number of primary sulfonamides is 1. The summed E-state index contributed by atoms with van der Waals surface area (Å²) >= 11 is 0. The van der Waals surface area contributed by atoms with E-state index in [1.54, 1.807) is 4.72 Å². The molecule has 20 heavy (non-hydrogen) atoms. The van der Waals surface area contributed by atoms with Gasteiger partial charge in [-0.15, -0.1) is 0 Å². The van der Waals surface area contributed by atoms with E-state index < -0.39 is 48.5 Å². The topological polar surface area (TPSA) is 164 Å². The van der Waals surface area contributed by atoms with E-state index >= 15 is 0 Å². The Balaban J connectivity index is 3.20. The van der Waals surface area contributed by atoms with E-state index in [-0.39, 0.29) is 0 Å². The Labute approximate surface area is 115 Å². The number of aliphatic carboxylic acids is 1. The summed E-state index contributed by atoms with van der Waals surface area (Å²) in [5.41, 5.74) is 0. The number of aliphatic hydroxyl groups is 1.